The Hall–Kier alpha value is -2.70. The van der Waals surface area contributed by atoms with Gasteiger partial charge in [-0.2, -0.15) is 5.10 Å². The van der Waals surface area contributed by atoms with E-state index in [1.165, 1.54) is 0 Å². The highest BCUT2D eigenvalue weighted by atomic mass is 16.2. The van der Waals surface area contributed by atoms with Gasteiger partial charge in [-0.15, -0.1) is 0 Å². The van der Waals surface area contributed by atoms with E-state index in [0.29, 0.717) is 23.5 Å². The molecule has 3 aromatic heterocycles. The molecule has 1 N–H and O–H groups in total. The maximum Gasteiger partial charge on any atom is 0.256 e. The number of carbonyl (C=O) groups is 1. The number of hydrogen-bond acceptors (Lipinski definition) is 4. The van der Waals surface area contributed by atoms with Gasteiger partial charge in [0.15, 0.2) is 5.65 Å². The molecule has 0 saturated carbocycles. The van der Waals surface area contributed by atoms with Crippen LogP contribution < -0.4 is 0 Å². The van der Waals surface area contributed by atoms with Crippen LogP contribution in [0.2, 0.25) is 0 Å². The highest BCUT2D eigenvalue weighted by Crippen LogP contribution is 2.27. The minimum atomic E-state index is 0.0255. The first-order valence-electron chi connectivity index (χ1n) is 7.71. The fourth-order valence-electron chi connectivity index (χ4n) is 3.22. The van der Waals surface area contributed by atoms with E-state index in [9.17, 15) is 4.79 Å². The molecule has 1 saturated heterocycles. The molecule has 0 aromatic carbocycles. The Morgan fingerprint density at radius 3 is 3.00 bits per heavy atom. The number of imidazole rings is 1. The lowest BCUT2D eigenvalue weighted by molar-refractivity contribution is 0.0792. The van der Waals surface area contributed by atoms with Gasteiger partial charge in [0.05, 0.1) is 5.56 Å². The number of aromatic amines is 1. The molecule has 1 fully saturated rings. The minimum absolute atomic E-state index is 0.0255. The summed E-state index contributed by atoms with van der Waals surface area (Å²) < 4.78 is 1.91. The summed E-state index contributed by atoms with van der Waals surface area (Å²) in [4.78, 5) is 23.7. The topological polar surface area (TPSA) is 79.7 Å². The highest BCUT2D eigenvalue weighted by Gasteiger charge is 2.30. The van der Waals surface area contributed by atoms with Crippen LogP contribution in [0.1, 0.15) is 34.2 Å². The number of aromatic nitrogens is 5. The maximum atomic E-state index is 12.9. The molecule has 0 bridgehead atoms. The number of amides is 1. The molecule has 0 aliphatic carbocycles. The lowest BCUT2D eigenvalue weighted by Crippen LogP contribution is -2.28. The number of likely N-dealkylation sites (tertiary alicyclic amines) is 1. The first kappa shape index (κ1) is 13.9. The van der Waals surface area contributed by atoms with Gasteiger partial charge in [-0.05, 0) is 25.5 Å². The molecule has 7 nitrogen and oxygen atoms in total. The molecule has 1 atom stereocenters. The average Bonchev–Trinajstić information content (AvgIpc) is 3.28. The molecule has 4 heterocycles. The third-order valence-corrected chi connectivity index (χ3v) is 4.65. The second-order valence-corrected chi connectivity index (χ2v) is 6.00. The van der Waals surface area contributed by atoms with Crippen LogP contribution in [-0.2, 0) is 7.05 Å². The molecular formula is C16H18N6O. The Morgan fingerprint density at radius 1 is 1.35 bits per heavy atom. The Kier molecular flexibility index (Phi) is 3.14. The normalized spacial score (nSPS) is 18.0. The van der Waals surface area contributed by atoms with Gasteiger partial charge in [0.1, 0.15) is 11.3 Å². The van der Waals surface area contributed by atoms with E-state index < -0.39 is 0 Å². The Balaban J connectivity index is 1.64. The summed E-state index contributed by atoms with van der Waals surface area (Å²) in [5.41, 5.74) is 3.15. The summed E-state index contributed by atoms with van der Waals surface area (Å²) in [5, 5.41) is 7.00. The van der Waals surface area contributed by atoms with Crippen LogP contribution in [0.3, 0.4) is 0 Å². The molecule has 118 valence electrons. The van der Waals surface area contributed by atoms with Gasteiger partial charge in [0.2, 0.25) is 0 Å². The van der Waals surface area contributed by atoms with Gasteiger partial charge in [-0.25, -0.2) is 9.97 Å². The van der Waals surface area contributed by atoms with E-state index in [-0.39, 0.29) is 5.91 Å². The van der Waals surface area contributed by atoms with Crippen molar-refractivity contribution in [2.45, 2.75) is 19.3 Å². The molecule has 3 aromatic rings. The molecule has 23 heavy (non-hydrogen) atoms. The van der Waals surface area contributed by atoms with E-state index in [0.717, 1.165) is 30.1 Å². The molecule has 1 aliphatic rings. The molecule has 0 spiro atoms. The van der Waals surface area contributed by atoms with E-state index in [4.69, 9.17) is 0 Å². The van der Waals surface area contributed by atoms with Crippen molar-refractivity contribution >= 4 is 17.1 Å². The zero-order chi connectivity index (χ0) is 16.0. The SMILES string of the molecule is Cc1nc2c(C(=O)N3CCC(c4ccn[nH]4)C3)ccnc2n1C. The summed E-state index contributed by atoms with van der Waals surface area (Å²) in [5.74, 6) is 1.20. The summed E-state index contributed by atoms with van der Waals surface area (Å²) in [6.45, 7) is 3.37. The largest absolute Gasteiger partial charge is 0.338 e. The summed E-state index contributed by atoms with van der Waals surface area (Å²) >= 11 is 0. The van der Waals surface area contributed by atoms with Crippen LogP contribution in [-0.4, -0.2) is 48.6 Å². The van der Waals surface area contributed by atoms with E-state index in [1.807, 2.05) is 29.5 Å². The molecule has 0 radical (unpaired) electrons. The lowest BCUT2D eigenvalue weighted by atomic mass is 10.1. The van der Waals surface area contributed by atoms with Crippen LogP contribution in [0, 0.1) is 6.92 Å². The monoisotopic (exact) mass is 310 g/mol. The summed E-state index contributed by atoms with van der Waals surface area (Å²) in [6.07, 6.45) is 4.38. The number of carbonyl (C=O) groups excluding carboxylic acids is 1. The van der Waals surface area contributed by atoms with Crippen molar-refractivity contribution in [1.82, 2.24) is 29.6 Å². The minimum Gasteiger partial charge on any atom is -0.338 e. The van der Waals surface area contributed by atoms with Gasteiger partial charge in [-0.1, -0.05) is 0 Å². The molecular weight excluding hydrogens is 292 g/mol. The number of aryl methyl sites for hydroxylation is 2. The molecule has 1 amide bonds. The Bertz CT molecular complexity index is 866. The van der Waals surface area contributed by atoms with Crippen molar-refractivity contribution in [2.24, 2.45) is 7.05 Å². The van der Waals surface area contributed by atoms with Gasteiger partial charge >= 0.3 is 0 Å². The quantitative estimate of drug-likeness (QED) is 0.780. The van der Waals surface area contributed by atoms with Crippen molar-refractivity contribution in [3.63, 3.8) is 0 Å². The lowest BCUT2D eigenvalue weighted by Gasteiger charge is -2.16. The van der Waals surface area contributed by atoms with Crippen molar-refractivity contribution in [3.8, 4) is 0 Å². The number of hydrogen-bond donors (Lipinski definition) is 1. The van der Waals surface area contributed by atoms with Crippen molar-refractivity contribution < 1.29 is 4.79 Å². The van der Waals surface area contributed by atoms with E-state index in [2.05, 4.69) is 20.2 Å². The third-order valence-electron chi connectivity index (χ3n) is 4.65. The third kappa shape index (κ3) is 2.19. The number of nitrogens with one attached hydrogen (secondary N) is 1. The zero-order valence-electron chi connectivity index (χ0n) is 13.2. The Labute approximate surface area is 133 Å². The number of nitrogens with zero attached hydrogens (tertiary/aromatic N) is 5. The van der Waals surface area contributed by atoms with E-state index >= 15 is 0 Å². The Morgan fingerprint density at radius 2 is 2.22 bits per heavy atom. The zero-order valence-corrected chi connectivity index (χ0v) is 13.2. The van der Waals surface area contributed by atoms with Crippen LogP contribution in [0.25, 0.3) is 11.2 Å². The predicted molar refractivity (Wildman–Crippen MR) is 85.1 cm³/mol. The van der Waals surface area contributed by atoms with Crippen molar-refractivity contribution in [3.05, 3.63) is 41.6 Å². The molecule has 7 heteroatoms. The highest BCUT2D eigenvalue weighted by molar-refractivity contribution is 6.04. The van der Waals surface area contributed by atoms with E-state index in [1.54, 1.807) is 18.5 Å². The van der Waals surface area contributed by atoms with Crippen molar-refractivity contribution in [2.75, 3.05) is 13.1 Å². The van der Waals surface area contributed by atoms with Crippen molar-refractivity contribution in [1.29, 1.82) is 0 Å². The predicted octanol–water partition coefficient (Wildman–Crippen LogP) is 1.63. The van der Waals surface area contributed by atoms with Gasteiger partial charge in [0.25, 0.3) is 5.91 Å². The number of fused-ring (bicyclic) bond motifs is 1. The standard InChI is InChI=1S/C16H18N6O/c1-10-19-14-12(3-6-17-15(14)21(10)2)16(23)22-8-5-11(9-22)13-4-7-18-20-13/h3-4,6-7,11H,5,8-9H2,1-2H3,(H,18,20). The number of pyridine rings is 1. The van der Waals surface area contributed by atoms with Crippen LogP contribution >= 0.6 is 0 Å². The smallest absolute Gasteiger partial charge is 0.256 e. The number of rotatable bonds is 2. The molecule has 1 unspecified atom stereocenters. The fraction of sp³-hybridized carbons (Fsp3) is 0.375. The second-order valence-electron chi connectivity index (χ2n) is 6.00. The fourth-order valence-corrected chi connectivity index (χ4v) is 3.22. The van der Waals surface area contributed by atoms with Crippen LogP contribution in [0.4, 0.5) is 0 Å². The van der Waals surface area contributed by atoms with Crippen LogP contribution in [0.5, 0.6) is 0 Å². The second kappa shape index (κ2) is 5.19. The van der Waals surface area contributed by atoms with Crippen LogP contribution in [0.15, 0.2) is 24.5 Å². The van der Waals surface area contributed by atoms with Gasteiger partial charge in [0, 0.05) is 44.1 Å². The molecule has 1 aliphatic heterocycles. The summed E-state index contributed by atoms with van der Waals surface area (Å²) in [7, 11) is 1.91. The maximum absolute atomic E-state index is 12.9. The van der Waals surface area contributed by atoms with Gasteiger partial charge < -0.3 is 9.47 Å². The van der Waals surface area contributed by atoms with Gasteiger partial charge in [-0.3, -0.25) is 9.89 Å². The molecule has 4 rings (SSSR count). The first-order valence-corrected chi connectivity index (χ1v) is 7.71. The summed E-state index contributed by atoms with van der Waals surface area (Å²) in [6, 6.07) is 3.74. The number of H-pyrrole nitrogens is 1. The first-order chi connectivity index (χ1) is 11.1. The average molecular weight is 310 g/mol.